The van der Waals surface area contributed by atoms with Gasteiger partial charge >= 0.3 is 0 Å². The van der Waals surface area contributed by atoms with Crippen LogP contribution in [-0.4, -0.2) is 36.2 Å². The molecule has 2 N–H and O–H groups in total. The van der Waals surface area contributed by atoms with Crippen molar-refractivity contribution in [2.45, 2.75) is 13.0 Å². The Bertz CT molecular complexity index is 308. The predicted octanol–water partition coefficient (Wildman–Crippen LogP) is 0.886. The number of nitrogens with two attached hydrogens (primary N) is 1. The molecule has 1 aromatic heterocycles. The van der Waals surface area contributed by atoms with E-state index in [1.807, 2.05) is 12.1 Å². The van der Waals surface area contributed by atoms with E-state index in [9.17, 15) is 0 Å². The van der Waals surface area contributed by atoms with Crippen LogP contribution in [-0.2, 0) is 11.3 Å². The summed E-state index contributed by atoms with van der Waals surface area (Å²) in [5.41, 5.74) is 6.87. The van der Waals surface area contributed by atoms with Crippen LogP contribution in [0.3, 0.4) is 0 Å². The maximum atomic E-state index is 5.64. The van der Waals surface area contributed by atoms with Gasteiger partial charge in [-0.15, -0.1) is 0 Å². The van der Waals surface area contributed by atoms with E-state index in [-0.39, 0.29) is 0 Å². The molecule has 0 aliphatic carbocycles. The van der Waals surface area contributed by atoms with Gasteiger partial charge in [0.05, 0.1) is 6.61 Å². The molecule has 1 aromatic rings. The van der Waals surface area contributed by atoms with Crippen LogP contribution in [0.25, 0.3) is 0 Å². The lowest BCUT2D eigenvalue weighted by Gasteiger charge is -2.18. The third kappa shape index (κ3) is 3.18. The van der Waals surface area contributed by atoms with Gasteiger partial charge in [0.2, 0.25) is 0 Å². The highest BCUT2D eigenvalue weighted by molar-refractivity contribution is 5.31. The highest BCUT2D eigenvalue weighted by atomic mass is 16.5. The molecular weight excluding hydrogens is 190 g/mol. The van der Waals surface area contributed by atoms with Gasteiger partial charge in [-0.2, -0.15) is 0 Å². The Kier molecular flexibility index (Phi) is 3.53. The smallest absolute Gasteiger partial charge is 0.123 e. The van der Waals surface area contributed by atoms with E-state index in [1.54, 1.807) is 6.20 Å². The summed E-state index contributed by atoms with van der Waals surface area (Å²) in [7, 11) is 0. The number of hydrogen-bond acceptors (Lipinski definition) is 4. The molecule has 1 aliphatic rings. The van der Waals surface area contributed by atoms with E-state index in [4.69, 9.17) is 10.5 Å². The second kappa shape index (κ2) is 5.09. The number of nitrogen functional groups attached to an aromatic ring is 1. The minimum absolute atomic E-state index is 0.596. The van der Waals surface area contributed by atoms with Crippen LogP contribution < -0.4 is 5.73 Å². The standard InChI is InChI=1S/C11H17N3O/c12-11-8-10(2-3-13-11)9-14-4-1-6-15-7-5-14/h2-3,8H,1,4-7,9H2,(H2,12,13). The van der Waals surface area contributed by atoms with Crippen LogP contribution in [0.5, 0.6) is 0 Å². The summed E-state index contributed by atoms with van der Waals surface area (Å²) >= 11 is 0. The van der Waals surface area contributed by atoms with E-state index in [0.717, 1.165) is 39.3 Å². The number of aromatic nitrogens is 1. The number of nitrogens with zero attached hydrogens (tertiary/aromatic N) is 2. The fourth-order valence-corrected chi connectivity index (χ4v) is 1.81. The van der Waals surface area contributed by atoms with Crippen molar-refractivity contribution in [2.24, 2.45) is 0 Å². The Hall–Kier alpha value is -1.13. The molecule has 1 aliphatic heterocycles. The first-order chi connectivity index (χ1) is 7.34. The number of rotatable bonds is 2. The van der Waals surface area contributed by atoms with Crippen molar-refractivity contribution in [3.63, 3.8) is 0 Å². The average molecular weight is 207 g/mol. The molecule has 0 unspecified atom stereocenters. The maximum Gasteiger partial charge on any atom is 0.123 e. The van der Waals surface area contributed by atoms with Gasteiger partial charge in [-0.3, -0.25) is 4.90 Å². The largest absolute Gasteiger partial charge is 0.384 e. The van der Waals surface area contributed by atoms with Gasteiger partial charge < -0.3 is 10.5 Å². The second-order valence-corrected chi connectivity index (χ2v) is 3.83. The molecule has 82 valence electrons. The van der Waals surface area contributed by atoms with Gasteiger partial charge in [0, 0.05) is 32.4 Å². The van der Waals surface area contributed by atoms with Crippen molar-refractivity contribution in [1.29, 1.82) is 0 Å². The maximum absolute atomic E-state index is 5.64. The Morgan fingerprint density at radius 1 is 1.40 bits per heavy atom. The third-order valence-electron chi connectivity index (χ3n) is 2.57. The second-order valence-electron chi connectivity index (χ2n) is 3.83. The Morgan fingerprint density at radius 3 is 3.20 bits per heavy atom. The molecule has 0 spiro atoms. The molecule has 0 atom stereocenters. The lowest BCUT2D eigenvalue weighted by Crippen LogP contribution is -2.25. The summed E-state index contributed by atoms with van der Waals surface area (Å²) in [4.78, 5) is 6.38. The average Bonchev–Trinajstić information content (AvgIpc) is 2.46. The quantitative estimate of drug-likeness (QED) is 0.782. The van der Waals surface area contributed by atoms with Crippen molar-refractivity contribution < 1.29 is 4.74 Å². The molecule has 0 radical (unpaired) electrons. The number of hydrogen-bond donors (Lipinski definition) is 1. The normalized spacial score (nSPS) is 18.7. The van der Waals surface area contributed by atoms with Crippen LogP contribution >= 0.6 is 0 Å². The fraction of sp³-hybridized carbons (Fsp3) is 0.545. The highest BCUT2D eigenvalue weighted by Crippen LogP contribution is 2.08. The predicted molar refractivity (Wildman–Crippen MR) is 59.4 cm³/mol. The fourth-order valence-electron chi connectivity index (χ4n) is 1.81. The van der Waals surface area contributed by atoms with Crippen molar-refractivity contribution >= 4 is 5.82 Å². The van der Waals surface area contributed by atoms with Gasteiger partial charge in [-0.05, 0) is 24.1 Å². The van der Waals surface area contributed by atoms with Crippen molar-refractivity contribution in [3.05, 3.63) is 23.9 Å². The lowest BCUT2D eigenvalue weighted by molar-refractivity contribution is 0.140. The Labute approximate surface area is 90.0 Å². The van der Waals surface area contributed by atoms with Gasteiger partial charge in [-0.25, -0.2) is 4.98 Å². The van der Waals surface area contributed by atoms with Crippen molar-refractivity contribution in [3.8, 4) is 0 Å². The van der Waals surface area contributed by atoms with Crippen LogP contribution in [0.2, 0.25) is 0 Å². The summed E-state index contributed by atoms with van der Waals surface area (Å²) in [6.45, 7) is 4.76. The van der Waals surface area contributed by atoms with E-state index in [2.05, 4.69) is 9.88 Å². The van der Waals surface area contributed by atoms with E-state index in [0.29, 0.717) is 5.82 Å². The summed E-state index contributed by atoms with van der Waals surface area (Å²) in [5, 5.41) is 0. The molecule has 2 rings (SSSR count). The first-order valence-corrected chi connectivity index (χ1v) is 5.35. The molecule has 4 nitrogen and oxygen atoms in total. The zero-order valence-electron chi connectivity index (χ0n) is 8.85. The van der Waals surface area contributed by atoms with Gasteiger partial charge in [-0.1, -0.05) is 0 Å². The minimum Gasteiger partial charge on any atom is -0.384 e. The summed E-state index contributed by atoms with van der Waals surface area (Å²) < 4.78 is 5.41. The molecule has 4 heteroatoms. The Balaban J connectivity index is 1.95. The van der Waals surface area contributed by atoms with Crippen molar-refractivity contribution in [2.75, 3.05) is 32.0 Å². The molecule has 1 fully saturated rings. The van der Waals surface area contributed by atoms with Crippen LogP contribution in [0, 0.1) is 0 Å². The summed E-state index contributed by atoms with van der Waals surface area (Å²) in [6, 6.07) is 3.95. The topological polar surface area (TPSA) is 51.4 Å². The van der Waals surface area contributed by atoms with Crippen LogP contribution in [0.15, 0.2) is 18.3 Å². The van der Waals surface area contributed by atoms with Crippen LogP contribution in [0.4, 0.5) is 5.82 Å². The zero-order chi connectivity index (χ0) is 10.5. The highest BCUT2D eigenvalue weighted by Gasteiger charge is 2.09. The van der Waals surface area contributed by atoms with E-state index >= 15 is 0 Å². The van der Waals surface area contributed by atoms with E-state index in [1.165, 1.54) is 5.56 Å². The molecule has 0 bridgehead atoms. The van der Waals surface area contributed by atoms with Gasteiger partial charge in [0.1, 0.15) is 5.82 Å². The Morgan fingerprint density at radius 2 is 2.33 bits per heavy atom. The molecule has 15 heavy (non-hydrogen) atoms. The molecule has 0 aromatic carbocycles. The minimum atomic E-state index is 0.596. The summed E-state index contributed by atoms with van der Waals surface area (Å²) in [6.07, 6.45) is 2.87. The molecule has 1 saturated heterocycles. The third-order valence-corrected chi connectivity index (χ3v) is 2.57. The van der Waals surface area contributed by atoms with Crippen LogP contribution in [0.1, 0.15) is 12.0 Å². The molecule has 0 saturated carbocycles. The number of pyridine rings is 1. The van der Waals surface area contributed by atoms with Gasteiger partial charge in [0.15, 0.2) is 0 Å². The molecule has 0 amide bonds. The van der Waals surface area contributed by atoms with E-state index < -0.39 is 0 Å². The number of ether oxygens (including phenoxy) is 1. The monoisotopic (exact) mass is 207 g/mol. The SMILES string of the molecule is Nc1cc(CN2CCCOCC2)ccn1. The zero-order valence-corrected chi connectivity index (χ0v) is 8.85. The summed E-state index contributed by atoms with van der Waals surface area (Å²) in [5.74, 6) is 0.596. The molecular formula is C11H17N3O. The van der Waals surface area contributed by atoms with Crippen molar-refractivity contribution in [1.82, 2.24) is 9.88 Å². The first-order valence-electron chi connectivity index (χ1n) is 5.35. The molecule has 2 heterocycles. The lowest BCUT2D eigenvalue weighted by atomic mass is 10.2. The number of anilines is 1. The van der Waals surface area contributed by atoms with Gasteiger partial charge in [0.25, 0.3) is 0 Å². The first kappa shape index (κ1) is 10.4.